The summed E-state index contributed by atoms with van der Waals surface area (Å²) >= 11 is 0. The van der Waals surface area contributed by atoms with E-state index >= 15 is 0 Å². The van der Waals surface area contributed by atoms with E-state index in [9.17, 15) is 9.59 Å². The molecule has 1 N–H and O–H groups in total. The molecule has 0 spiro atoms. The van der Waals surface area contributed by atoms with Gasteiger partial charge in [0.1, 0.15) is 0 Å². The van der Waals surface area contributed by atoms with Crippen LogP contribution in [0.25, 0.3) is 10.9 Å². The SMILES string of the molecule is Cc1cc2cc(CCC(=O)N(C)CCc3ccncc3)ccc2[nH]c1=O. The Kier molecular flexibility index (Phi) is 5.46. The van der Waals surface area contributed by atoms with Gasteiger partial charge in [0.05, 0.1) is 0 Å². The highest BCUT2D eigenvalue weighted by Crippen LogP contribution is 2.15. The van der Waals surface area contributed by atoms with Gasteiger partial charge in [-0.25, -0.2) is 0 Å². The molecular weight excluding hydrogens is 326 g/mol. The molecule has 1 aromatic carbocycles. The summed E-state index contributed by atoms with van der Waals surface area (Å²) in [7, 11) is 1.85. The molecule has 2 aromatic heterocycles. The third-order valence-corrected chi connectivity index (χ3v) is 4.63. The number of aryl methyl sites for hydroxylation is 2. The number of nitrogens with zero attached hydrogens (tertiary/aromatic N) is 2. The number of rotatable bonds is 6. The molecule has 0 fully saturated rings. The molecule has 3 aromatic rings. The second-order valence-corrected chi connectivity index (χ2v) is 6.62. The van der Waals surface area contributed by atoms with Gasteiger partial charge in [0.25, 0.3) is 5.56 Å². The lowest BCUT2D eigenvalue weighted by molar-refractivity contribution is -0.129. The fourth-order valence-corrected chi connectivity index (χ4v) is 2.93. The molecule has 0 unspecified atom stereocenters. The minimum atomic E-state index is -0.0590. The summed E-state index contributed by atoms with van der Waals surface area (Å²) in [6, 6.07) is 11.8. The molecule has 0 aliphatic heterocycles. The predicted molar refractivity (Wildman–Crippen MR) is 103 cm³/mol. The number of carbonyl (C=O) groups excluding carboxylic acids is 1. The first-order valence-corrected chi connectivity index (χ1v) is 8.78. The maximum absolute atomic E-state index is 12.4. The summed E-state index contributed by atoms with van der Waals surface area (Å²) in [5.41, 5.74) is 3.74. The van der Waals surface area contributed by atoms with Crippen LogP contribution in [-0.4, -0.2) is 34.4 Å². The number of amides is 1. The number of H-pyrrole nitrogens is 1. The van der Waals surface area contributed by atoms with Crippen molar-refractivity contribution in [3.63, 3.8) is 0 Å². The smallest absolute Gasteiger partial charge is 0.251 e. The Balaban J connectivity index is 1.57. The highest BCUT2D eigenvalue weighted by Gasteiger charge is 2.09. The number of hydrogen-bond acceptors (Lipinski definition) is 3. The Morgan fingerprint density at radius 2 is 1.85 bits per heavy atom. The quantitative estimate of drug-likeness (QED) is 0.744. The molecule has 0 saturated heterocycles. The van der Waals surface area contributed by atoms with Gasteiger partial charge in [-0.15, -0.1) is 0 Å². The Morgan fingerprint density at radius 1 is 1.08 bits per heavy atom. The van der Waals surface area contributed by atoms with Crippen molar-refractivity contribution >= 4 is 16.8 Å². The molecule has 2 heterocycles. The molecule has 0 radical (unpaired) electrons. The second-order valence-electron chi connectivity index (χ2n) is 6.62. The van der Waals surface area contributed by atoms with Crippen molar-refractivity contribution in [3.8, 4) is 0 Å². The van der Waals surface area contributed by atoms with E-state index in [1.165, 1.54) is 5.56 Å². The van der Waals surface area contributed by atoms with Crippen LogP contribution in [0, 0.1) is 6.92 Å². The van der Waals surface area contributed by atoms with Crippen LogP contribution in [0.1, 0.15) is 23.1 Å². The van der Waals surface area contributed by atoms with Crippen molar-refractivity contribution in [1.29, 1.82) is 0 Å². The van der Waals surface area contributed by atoms with Gasteiger partial charge in [-0.05, 0) is 66.6 Å². The average molecular weight is 349 g/mol. The van der Waals surface area contributed by atoms with Gasteiger partial charge in [0.15, 0.2) is 0 Å². The first kappa shape index (κ1) is 17.9. The van der Waals surface area contributed by atoms with Gasteiger partial charge in [0.2, 0.25) is 5.91 Å². The number of aromatic nitrogens is 2. The van der Waals surface area contributed by atoms with Crippen molar-refractivity contribution in [2.75, 3.05) is 13.6 Å². The van der Waals surface area contributed by atoms with E-state index in [-0.39, 0.29) is 11.5 Å². The second kappa shape index (κ2) is 7.95. The van der Waals surface area contributed by atoms with Gasteiger partial charge < -0.3 is 9.88 Å². The largest absolute Gasteiger partial charge is 0.345 e. The summed E-state index contributed by atoms with van der Waals surface area (Å²) in [4.78, 5) is 32.7. The van der Waals surface area contributed by atoms with Crippen LogP contribution in [0.3, 0.4) is 0 Å². The number of carbonyl (C=O) groups is 1. The van der Waals surface area contributed by atoms with E-state index in [0.717, 1.165) is 22.9 Å². The first-order chi connectivity index (χ1) is 12.5. The molecule has 0 saturated carbocycles. The van der Waals surface area contributed by atoms with Crippen LogP contribution in [0.15, 0.2) is 53.6 Å². The normalized spacial score (nSPS) is 10.8. The Labute approximate surface area is 152 Å². The van der Waals surface area contributed by atoms with Crippen molar-refractivity contribution in [1.82, 2.24) is 14.9 Å². The number of fused-ring (bicyclic) bond motifs is 1. The fraction of sp³-hybridized carbons (Fsp3) is 0.286. The van der Waals surface area contributed by atoms with Crippen LogP contribution >= 0.6 is 0 Å². The molecule has 134 valence electrons. The van der Waals surface area contributed by atoms with E-state index in [1.807, 2.05) is 43.4 Å². The monoisotopic (exact) mass is 349 g/mol. The molecule has 1 amide bonds. The van der Waals surface area contributed by atoms with E-state index < -0.39 is 0 Å². The maximum atomic E-state index is 12.4. The number of hydrogen-bond donors (Lipinski definition) is 1. The summed E-state index contributed by atoms with van der Waals surface area (Å²) in [5, 5.41) is 0.998. The molecule has 0 aliphatic rings. The zero-order valence-corrected chi connectivity index (χ0v) is 15.2. The standard InChI is InChI=1S/C21H23N3O2/c1-15-13-18-14-17(3-5-19(18)23-21(15)26)4-6-20(25)24(2)12-9-16-7-10-22-11-8-16/h3,5,7-8,10-11,13-14H,4,6,9,12H2,1-2H3,(H,23,26). The van der Waals surface area contributed by atoms with Crippen molar-refractivity contribution in [2.45, 2.75) is 26.2 Å². The highest BCUT2D eigenvalue weighted by molar-refractivity contribution is 5.80. The van der Waals surface area contributed by atoms with Gasteiger partial charge in [-0.2, -0.15) is 0 Å². The third-order valence-electron chi connectivity index (χ3n) is 4.63. The van der Waals surface area contributed by atoms with Gasteiger partial charge in [0, 0.05) is 43.5 Å². The molecule has 0 aliphatic carbocycles. The highest BCUT2D eigenvalue weighted by atomic mass is 16.2. The average Bonchev–Trinajstić information content (AvgIpc) is 2.66. The molecule has 3 rings (SSSR count). The van der Waals surface area contributed by atoms with Gasteiger partial charge >= 0.3 is 0 Å². The maximum Gasteiger partial charge on any atom is 0.251 e. The van der Waals surface area contributed by atoms with E-state index in [0.29, 0.717) is 24.9 Å². The predicted octanol–water partition coefficient (Wildman–Crippen LogP) is 2.87. The van der Waals surface area contributed by atoms with E-state index in [4.69, 9.17) is 0 Å². The molecule has 26 heavy (non-hydrogen) atoms. The topological polar surface area (TPSA) is 66.1 Å². The summed E-state index contributed by atoms with van der Waals surface area (Å²) in [6.45, 7) is 2.49. The van der Waals surface area contributed by atoms with E-state index in [2.05, 4.69) is 9.97 Å². The van der Waals surface area contributed by atoms with Crippen LogP contribution in [0.4, 0.5) is 0 Å². The number of likely N-dealkylation sites (N-methyl/N-ethyl adjacent to an activating group) is 1. The molecular formula is C21H23N3O2. The molecule has 5 nitrogen and oxygen atoms in total. The lowest BCUT2D eigenvalue weighted by atomic mass is 10.1. The number of benzene rings is 1. The van der Waals surface area contributed by atoms with Crippen LogP contribution in [0.5, 0.6) is 0 Å². The fourth-order valence-electron chi connectivity index (χ4n) is 2.93. The number of nitrogens with one attached hydrogen (secondary N) is 1. The van der Waals surface area contributed by atoms with Gasteiger partial charge in [-0.3, -0.25) is 14.6 Å². The van der Waals surface area contributed by atoms with E-state index in [1.54, 1.807) is 24.2 Å². The minimum Gasteiger partial charge on any atom is -0.345 e. The first-order valence-electron chi connectivity index (χ1n) is 8.78. The zero-order valence-electron chi connectivity index (χ0n) is 15.2. The molecule has 0 bridgehead atoms. The Bertz CT molecular complexity index is 964. The van der Waals surface area contributed by atoms with Crippen molar-refractivity contribution in [2.24, 2.45) is 0 Å². The summed E-state index contributed by atoms with van der Waals surface area (Å²) < 4.78 is 0. The van der Waals surface area contributed by atoms with Crippen LogP contribution in [0.2, 0.25) is 0 Å². The molecule has 0 atom stereocenters. The van der Waals surface area contributed by atoms with Crippen LogP contribution in [-0.2, 0) is 17.6 Å². The van der Waals surface area contributed by atoms with Gasteiger partial charge in [-0.1, -0.05) is 6.07 Å². The zero-order chi connectivity index (χ0) is 18.5. The third kappa shape index (κ3) is 4.36. The Morgan fingerprint density at radius 3 is 2.62 bits per heavy atom. The lowest BCUT2D eigenvalue weighted by Gasteiger charge is -2.17. The number of aromatic amines is 1. The summed E-state index contributed by atoms with van der Waals surface area (Å²) in [5.74, 6) is 0.136. The van der Waals surface area contributed by atoms with Crippen LogP contribution < -0.4 is 5.56 Å². The molecule has 5 heteroatoms. The Hall–Kier alpha value is -2.95. The van der Waals surface area contributed by atoms with Crippen molar-refractivity contribution in [3.05, 3.63) is 75.8 Å². The minimum absolute atomic E-state index is 0.0590. The number of pyridine rings is 2. The summed E-state index contributed by atoms with van der Waals surface area (Å²) in [6.07, 6.45) is 5.53. The van der Waals surface area contributed by atoms with Crippen molar-refractivity contribution < 1.29 is 4.79 Å². The lowest BCUT2D eigenvalue weighted by Crippen LogP contribution is -2.29.